The van der Waals surface area contributed by atoms with Crippen LogP contribution < -0.4 is 10.1 Å². The van der Waals surface area contributed by atoms with Gasteiger partial charge in [0.1, 0.15) is 12.3 Å². The predicted molar refractivity (Wildman–Crippen MR) is 84.4 cm³/mol. The Morgan fingerprint density at radius 3 is 2.82 bits per heavy atom. The molecule has 1 amide bonds. The number of nitrogens with zero attached hydrogens (tertiary/aromatic N) is 1. The molecule has 7 heteroatoms. The maximum Gasteiger partial charge on any atom is 0.322 e. The normalized spacial score (nSPS) is 17.6. The molecular weight excluding hydrogens is 308 g/mol. The van der Waals surface area contributed by atoms with Crippen LogP contribution in [0.2, 0.25) is 0 Å². The Morgan fingerprint density at radius 2 is 2.14 bits per heavy atom. The van der Waals surface area contributed by atoms with E-state index >= 15 is 0 Å². The van der Waals surface area contributed by atoms with Crippen LogP contribution in [0, 0.1) is 0 Å². The quantitative estimate of drug-likeness (QED) is 0.826. The number of amides is 1. The Morgan fingerprint density at radius 1 is 1.41 bits per heavy atom. The second-order valence-corrected chi connectivity index (χ2v) is 5.04. The summed E-state index contributed by atoms with van der Waals surface area (Å²) < 4.78 is 5.39. The van der Waals surface area contributed by atoms with E-state index in [2.05, 4.69) is 10.2 Å². The van der Waals surface area contributed by atoms with Crippen molar-refractivity contribution in [2.45, 2.75) is 18.9 Å². The number of nitrogens with one attached hydrogen (secondary N) is 1. The van der Waals surface area contributed by atoms with Crippen molar-refractivity contribution in [1.82, 2.24) is 10.2 Å². The predicted octanol–water partition coefficient (Wildman–Crippen LogP) is 1.45. The van der Waals surface area contributed by atoms with Crippen molar-refractivity contribution < 1.29 is 19.4 Å². The molecule has 1 fully saturated rings. The highest BCUT2D eigenvalue weighted by Crippen LogP contribution is 2.36. The van der Waals surface area contributed by atoms with E-state index in [4.69, 9.17) is 9.84 Å². The first-order valence-corrected chi connectivity index (χ1v) is 6.97. The maximum atomic E-state index is 11.8. The van der Waals surface area contributed by atoms with Gasteiger partial charge >= 0.3 is 5.97 Å². The van der Waals surface area contributed by atoms with Crippen LogP contribution in [0.5, 0.6) is 5.75 Å². The van der Waals surface area contributed by atoms with E-state index in [1.807, 2.05) is 24.3 Å². The molecule has 1 unspecified atom stereocenters. The van der Waals surface area contributed by atoms with Gasteiger partial charge in [-0.3, -0.25) is 14.5 Å². The highest BCUT2D eigenvalue weighted by molar-refractivity contribution is 5.85. The Hall–Kier alpha value is -1.79. The second kappa shape index (κ2) is 8.60. The molecule has 1 aromatic carbocycles. The van der Waals surface area contributed by atoms with Gasteiger partial charge < -0.3 is 15.2 Å². The monoisotopic (exact) mass is 328 g/mol. The molecule has 0 spiro atoms. The molecule has 1 atom stereocenters. The minimum atomic E-state index is -1.04. The first-order chi connectivity index (χ1) is 10.1. The third-order valence-electron chi connectivity index (χ3n) is 3.65. The lowest BCUT2D eigenvalue weighted by Gasteiger charge is -2.25. The van der Waals surface area contributed by atoms with Gasteiger partial charge in [-0.25, -0.2) is 0 Å². The highest BCUT2D eigenvalue weighted by atomic mass is 35.5. The summed E-state index contributed by atoms with van der Waals surface area (Å²) >= 11 is 0. The van der Waals surface area contributed by atoms with Crippen LogP contribution in [0.25, 0.3) is 0 Å². The highest BCUT2D eigenvalue weighted by Gasteiger charge is 2.29. The van der Waals surface area contributed by atoms with Crippen LogP contribution in [-0.2, 0) is 9.59 Å². The molecule has 0 bridgehead atoms. The molecule has 0 radical (unpaired) electrons. The summed E-state index contributed by atoms with van der Waals surface area (Å²) in [6, 6.07) is 7.93. The van der Waals surface area contributed by atoms with Crippen molar-refractivity contribution in [1.29, 1.82) is 0 Å². The standard InChI is InChI=1S/C15H20N2O4.ClH/c1-21-13-7-3-2-5-11(13)12-6-4-8-17(12)10-14(18)16-9-15(19)20;/h2-3,5,7,12H,4,6,8-10H2,1H3,(H,16,18)(H,19,20);1H. The number of benzene rings is 1. The summed E-state index contributed by atoms with van der Waals surface area (Å²) in [4.78, 5) is 24.3. The number of ether oxygens (including phenoxy) is 1. The Balaban J connectivity index is 0.00000242. The van der Waals surface area contributed by atoms with E-state index in [1.165, 1.54) is 0 Å². The van der Waals surface area contributed by atoms with Gasteiger partial charge in [0.25, 0.3) is 0 Å². The van der Waals surface area contributed by atoms with Gasteiger partial charge in [0, 0.05) is 11.6 Å². The van der Waals surface area contributed by atoms with E-state index in [0.717, 1.165) is 30.7 Å². The SMILES string of the molecule is COc1ccccc1C1CCCN1CC(=O)NCC(=O)O.Cl. The zero-order chi connectivity index (χ0) is 15.2. The summed E-state index contributed by atoms with van der Waals surface area (Å²) in [5.41, 5.74) is 1.07. The first kappa shape index (κ1) is 18.3. The number of aliphatic carboxylic acids is 1. The lowest BCUT2D eigenvalue weighted by Crippen LogP contribution is -2.39. The van der Waals surface area contributed by atoms with Gasteiger partial charge in [-0.2, -0.15) is 0 Å². The third kappa shape index (κ3) is 4.61. The van der Waals surface area contributed by atoms with Crippen molar-refractivity contribution in [2.24, 2.45) is 0 Å². The zero-order valence-electron chi connectivity index (χ0n) is 12.4. The Labute approximate surface area is 135 Å². The third-order valence-corrected chi connectivity index (χ3v) is 3.65. The topological polar surface area (TPSA) is 78.9 Å². The van der Waals surface area contributed by atoms with Crippen LogP contribution in [-0.4, -0.2) is 48.6 Å². The number of likely N-dealkylation sites (tertiary alicyclic amines) is 1. The van der Waals surface area contributed by atoms with Crippen LogP contribution >= 0.6 is 12.4 Å². The molecule has 1 heterocycles. The molecule has 2 N–H and O–H groups in total. The number of hydrogen-bond donors (Lipinski definition) is 2. The average molecular weight is 329 g/mol. The Bertz CT molecular complexity index is 524. The lowest BCUT2D eigenvalue weighted by molar-refractivity contribution is -0.138. The van der Waals surface area contributed by atoms with E-state index in [9.17, 15) is 9.59 Å². The fourth-order valence-corrected chi connectivity index (χ4v) is 2.72. The number of carboxylic acids is 1. The number of carbonyl (C=O) groups excluding carboxylic acids is 1. The first-order valence-electron chi connectivity index (χ1n) is 6.97. The second-order valence-electron chi connectivity index (χ2n) is 5.04. The largest absolute Gasteiger partial charge is 0.496 e. The van der Waals surface area contributed by atoms with Gasteiger partial charge in [0.05, 0.1) is 13.7 Å². The number of carbonyl (C=O) groups is 2. The van der Waals surface area contributed by atoms with Gasteiger partial charge in [-0.15, -0.1) is 12.4 Å². The number of methoxy groups -OCH3 is 1. The summed E-state index contributed by atoms with van der Waals surface area (Å²) in [5, 5.41) is 11.0. The van der Waals surface area contributed by atoms with Gasteiger partial charge in [-0.1, -0.05) is 18.2 Å². The van der Waals surface area contributed by atoms with Crippen molar-refractivity contribution in [3.8, 4) is 5.75 Å². The molecule has 1 aliphatic heterocycles. The molecule has 1 aromatic rings. The molecule has 22 heavy (non-hydrogen) atoms. The summed E-state index contributed by atoms with van der Waals surface area (Å²) in [6.45, 7) is 0.686. The van der Waals surface area contributed by atoms with Crippen molar-refractivity contribution in [3.63, 3.8) is 0 Å². The number of carboxylic acid groups (broad SMARTS) is 1. The van der Waals surface area contributed by atoms with Crippen LogP contribution in [0.15, 0.2) is 24.3 Å². The van der Waals surface area contributed by atoms with Crippen molar-refractivity contribution in [3.05, 3.63) is 29.8 Å². The van der Waals surface area contributed by atoms with E-state index in [-0.39, 0.29) is 37.4 Å². The molecule has 0 aliphatic carbocycles. The Kier molecular flexibility index (Phi) is 7.14. The van der Waals surface area contributed by atoms with E-state index < -0.39 is 5.97 Å². The van der Waals surface area contributed by atoms with E-state index in [1.54, 1.807) is 7.11 Å². The minimum Gasteiger partial charge on any atom is -0.496 e. The van der Waals surface area contributed by atoms with Gasteiger partial charge in [0.2, 0.25) is 5.91 Å². The lowest BCUT2D eigenvalue weighted by atomic mass is 10.0. The maximum absolute atomic E-state index is 11.8. The average Bonchev–Trinajstić information content (AvgIpc) is 2.93. The summed E-state index contributed by atoms with van der Waals surface area (Å²) in [5.74, 6) is -0.481. The molecule has 0 aromatic heterocycles. The molecule has 2 rings (SSSR count). The fourth-order valence-electron chi connectivity index (χ4n) is 2.72. The zero-order valence-corrected chi connectivity index (χ0v) is 13.3. The molecular formula is C15H21ClN2O4. The molecule has 122 valence electrons. The minimum absolute atomic E-state index is 0. The van der Waals surface area contributed by atoms with Gasteiger partial charge in [0.15, 0.2) is 0 Å². The smallest absolute Gasteiger partial charge is 0.322 e. The number of para-hydroxylation sites is 1. The molecule has 0 saturated carbocycles. The fraction of sp³-hybridized carbons (Fsp3) is 0.467. The molecule has 1 aliphatic rings. The van der Waals surface area contributed by atoms with E-state index in [0.29, 0.717) is 0 Å². The molecule has 6 nitrogen and oxygen atoms in total. The number of halogens is 1. The van der Waals surface area contributed by atoms with Crippen LogP contribution in [0.1, 0.15) is 24.4 Å². The van der Waals surface area contributed by atoms with Crippen LogP contribution in [0.3, 0.4) is 0 Å². The molecule has 1 saturated heterocycles. The van der Waals surface area contributed by atoms with Crippen molar-refractivity contribution in [2.75, 3.05) is 26.7 Å². The summed E-state index contributed by atoms with van der Waals surface area (Å²) in [6.07, 6.45) is 1.97. The van der Waals surface area contributed by atoms with Crippen molar-refractivity contribution >= 4 is 24.3 Å². The van der Waals surface area contributed by atoms with Gasteiger partial charge in [-0.05, 0) is 25.5 Å². The number of rotatable bonds is 6. The summed E-state index contributed by atoms with van der Waals surface area (Å²) in [7, 11) is 1.64. The van der Waals surface area contributed by atoms with Crippen LogP contribution in [0.4, 0.5) is 0 Å². The number of hydrogen-bond acceptors (Lipinski definition) is 4.